The smallest absolute Gasteiger partial charge is 0.255 e. The van der Waals surface area contributed by atoms with Gasteiger partial charge in [-0.05, 0) is 31.9 Å². The van der Waals surface area contributed by atoms with Crippen LogP contribution < -0.4 is 4.90 Å². The molecule has 1 aromatic rings. The molecule has 3 rings (SSSR count). The maximum absolute atomic E-state index is 14.0. The van der Waals surface area contributed by atoms with Crippen molar-refractivity contribution in [3.63, 3.8) is 0 Å². The van der Waals surface area contributed by atoms with E-state index in [4.69, 9.17) is 4.74 Å². The largest absolute Gasteiger partial charge is 0.388 e. The fourth-order valence-corrected chi connectivity index (χ4v) is 4.14. The second-order valence-electron chi connectivity index (χ2n) is 8.15. The van der Waals surface area contributed by atoms with Crippen molar-refractivity contribution in [2.45, 2.75) is 31.0 Å². The number of carbonyl (C=O) groups excluding carboxylic acids is 1. The summed E-state index contributed by atoms with van der Waals surface area (Å²) in [5.74, 6) is -0.289. The highest BCUT2D eigenvalue weighted by Gasteiger charge is 2.43. The maximum atomic E-state index is 14.0. The number of amides is 1. The second-order valence-corrected chi connectivity index (χ2v) is 8.15. The number of carbonyl (C=O) groups is 1. The van der Waals surface area contributed by atoms with Crippen molar-refractivity contribution >= 4 is 11.6 Å². The molecule has 1 N–H and O–H groups in total. The van der Waals surface area contributed by atoms with Gasteiger partial charge in [0.1, 0.15) is 5.82 Å². The van der Waals surface area contributed by atoms with Gasteiger partial charge in [-0.1, -0.05) is 12.1 Å². The number of piperidine rings is 1. The van der Waals surface area contributed by atoms with Crippen molar-refractivity contribution in [2.75, 3.05) is 58.3 Å². The molecule has 0 aliphatic carbocycles. The number of likely N-dealkylation sites (N-methyl/N-ethyl adjacent to an activating group) is 1. The summed E-state index contributed by atoms with van der Waals surface area (Å²) in [7, 11) is 3.45. The molecule has 27 heavy (non-hydrogen) atoms. The molecule has 7 heteroatoms. The van der Waals surface area contributed by atoms with Crippen LogP contribution in [0.2, 0.25) is 0 Å². The molecule has 2 heterocycles. The molecule has 0 saturated carbocycles. The lowest BCUT2D eigenvalue weighted by atomic mass is 9.89. The molecule has 150 valence electrons. The van der Waals surface area contributed by atoms with Crippen molar-refractivity contribution in [3.05, 3.63) is 30.1 Å². The number of anilines is 1. The molecule has 1 aromatic carbocycles. The first-order valence-corrected chi connectivity index (χ1v) is 9.52. The number of para-hydroxylation sites is 1. The molecule has 2 aliphatic heterocycles. The van der Waals surface area contributed by atoms with E-state index in [0.29, 0.717) is 57.9 Å². The van der Waals surface area contributed by atoms with Crippen molar-refractivity contribution in [1.29, 1.82) is 0 Å². The highest BCUT2D eigenvalue weighted by Crippen LogP contribution is 2.30. The Hall–Kier alpha value is -1.70. The molecule has 1 amide bonds. The predicted octanol–water partition coefficient (Wildman–Crippen LogP) is 1.34. The van der Waals surface area contributed by atoms with Crippen LogP contribution in [0, 0.1) is 5.82 Å². The molecular weight excluding hydrogens is 349 g/mol. The molecule has 2 saturated heterocycles. The van der Waals surface area contributed by atoms with Crippen molar-refractivity contribution in [2.24, 2.45) is 0 Å². The summed E-state index contributed by atoms with van der Waals surface area (Å²) in [6.45, 7) is 5.14. The van der Waals surface area contributed by atoms with Crippen molar-refractivity contribution in [3.8, 4) is 0 Å². The van der Waals surface area contributed by atoms with Gasteiger partial charge in [-0.3, -0.25) is 9.69 Å². The van der Waals surface area contributed by atoms with E-state index < -0.39 is 11.2 Å². The zero-order valence-corrected chi connectivity index (χ0v) is 16.4. The Labute approximate surface area is 160 Å². The Kier molecular flexibility index (Phi) is 5.74. The Bertz CT molecular complexity index is 676. The van der Waals surface area contributed by atoms with Gasteiger partial charge in [-0.2, -0.15) is 0 Å². The Morgan fingerprint density at radius 2 is 1.93 bits per heavy atom. The van der Waals surface area contributed by atoms with Crippen LogP contribution in [0.1, 0.15) is 19.8 Å². The van der Waals surface area contributed by atoms with Crippen LogP contribution in [0.5, 0.6) is 0 Å². The topological polar surface area (TPSA) is 56.2 Å². The Morgan fingerprint density at radius 1 is 1.26 bits per heavy atom. The van der Waals surface area contributed by atoms with Gasteiger partial charge in [0, 0.05) is 46.8 Å². The summed E-state index contributed by atoms with van der Waals surface area (Å²) in [5, 5.41) is 11.1. The van der Waals surface area contributed by atoms with Crippen LogP contribution in [0.15, 0.2) is 24.3 Å². The molecule has 0 unspecified atom stereocenters. The number of hydrogen-bond donors (Lipinski definition) is 1. The van der Waals surface area contributed by atoms with E-state index in [9.17, 15) is 14.3 Å². The Balaban J connectivity index is 1.60. The number of rotatable bonds is 4. The van der Waals surface area contributed by atoms with Gasteiger partial charge in [-0.25, -0.2) is 4.39 Å². The van der Waals surface area contributed by atoms with Gasteiger partial charge < -0.3 is 19.6 Å². The molecule has 2 fully saturated rings. The highest BCUT2D eigenvalue weighted by molar-refractivity contribution is 5.84. The van der Waals surface area contributed by atoms with Crippen LogP contribution >= 0.6 is 0 Å². The average Bonchev–Trinajstić information content (AvgIpc) is 2.62. The van der Waals surface area contributed by atoms with Crippen molar-refractivity contribution in [1.82, 2.24) is 9.80 Å². The standard InChI is InChI=1S/C20H30FN3O3/c1-19(18(25)22(2)3)14-23(12-13-27-19)15-20(26)8-10-24(11-9-20)17-7-5-4-6-16(17)21/h4-7,26H,8-15H2,1-3H3/t19-/m0/s1. The predicted molar refractivity (Wildman–Crippen MR) is 102 cm³/mol. The van der Waals surface area contributed by atoms with E-state index in [1.54, 1.807) is 31.1 Å². The van der Waals surface area contributed by atoms with Crippen LogP contribution in [-0.2, 0) is 9.53 Å². The van der Waals surface area contributed by atoms with Crippen LogP contribution in [0.4, 0.5) is 10.1 Å². The van der Waals surface area contributed by atoms with E-state index in [1.807, 2.05) is 17.9 Å². The first kappa shape index (κ1) is 20.0. The third-order valence-electron chi connectivity index (χ3n) is 5.62. The van der Waals surface area contributed by atoms with E-state index in [0.717, 1.165) is 0 Å². The van der Waals surface area contributed by atoms with E-state index in [-0.39, 0.29) is 11.7 Å². The lowest BCUT2D eigenvalue weighted by molar-refractivity contribution is -0.168. The number of β-amino-alcohol motifs (C(OH)–C–C–N with tert-alkyl or cyclic N) is 1. The first-order chi connectivity index (χ1) is 12.7. The monoisotopic (exact) mass is 379 g/mol. The van der Waals surface area contributed by atoms with Crippen LogP contribution in [0.3, 0.4) is 0 Å². The van der Waals surface area contributed by atoms with Gasteiger partial charge in [-0.15, -0.1) is 0 Å². The molecule has 1 atom stereocenters. The summed E-state index contributed by atoms with van der Waals surface area (Å²) in [6, 6.07) is 6.76. The number of aliphatic hydroxyl groups is 1. The SMILES string of the molecule is CN(C)C(=O)[C@]1(C)CN(CC2(O)CCN(c3ccccc3F)CC2)CCO1. The molecule has 2 aliphatic rings. The minimum Gasteiger partial charge on any atom is -0.388 e. The molecule has 0 spiro atoms. The number of halogens is 1. The third kappa shape index (κ3) is 4.42. The van der Waals surface area contributed by atoms with Crippen molar-refractivity contribution < 1.29 is 19.0 Å². The van der Waals surface area contributed by atoms with Gasteiger partial charge >= 0.3 is 0 Å². The zero-order valence-electron chi connectivity index (χ0n) is 16.4. The average molecular weight is 379 g/mol. The highest BCUT2D eigenvalue weighted by atomic mass is 19.1. The quantitative estimate of drug-likeness (QED) is 0.856. The van der Waals surface area contributed by atoms with E-state index in [2.05, 4.69) is 4.90 Å². The second kappa shape index (κ2) is 7.73. The molecule has 0 aromatic heterocycles. The van der Waals surface area contributed by atoms with E-state index >= 15 is 0 Å². The summed E-state index contributed by atoms with van der Waals surface area (Å²) >= 11 is 0. The number of hydrogen-bond acceptors (Lipinski definition) is 5. The number of morpholine rings is 1. The minimum absolute atomic E-state index is 0.0615. The molecular formula is C20H30FN3O3. The first-order valence-electron chi connectivity index (χ1n) is 9.52. The number of ether oxygens (including phenoxy) is 1. The van der Waals surface area contributed by atoms with Gasteiger partial charge in [0.15, 0.2) is 5.60 Å². The van der Waals surface area contributed by atoms with Crippen LogP contribution in [0.25, 0.3) is 0 Å². The molecule has 6 nitrogen and oxygen atoms in total. The van der Waals surface area contributed by atoms with Crippen LogP contribution in [-0.4, -0.2) is 85.4 Å². The lowest BCUT2D eigenvalue weighted by Crippen LogP contribution is -2.61. The summed E-state index contributed by atoms with van der Waals surface area (Å²) < 4.78 is 19.8. The normalized spacial score (nSPS) is 26.0. The fourth-order valence-electron chi connectivity index (χ4n) is 4.14. The van der Waals surface area contributed by atoms with Gasteiger partial charge in [0.25, 0.3) is 5.91 Å². The summed E-state index contributed by atoms with van der Waals surface area (Å²) in [6.07, 6.45) is 1.13. The fraction of sp³-hybridized carbons (Fsp3) is 0.650. The summed E-state index contributed by atoms with van der Waals surface area (Å²) in [5.41, 5.74) is -1.12. The lowest BCUT2D eigenvalue weighted by Gasteiger charge is -2.45. The summed E-state index contributed by atoms with van der Waals surface area (Å²) in [4.78, 5) is 18.1. The number of benzene rings is 1. The van der Waals surface area contributed by atoms with E-state index in [1.165, 1.54) is 6.07 Å². The third-order valence-corrected chi connectivity index (χ3v) is 5.62. The molecule has 0 bridgehead atoms. The minimum atomic E-state index is -0.883. The zero-order chi connectivity index (χ0) is 19.7. The van der Waals surface area contributed by atoms with Gasteiger partial charge in [0.05, 0.1) is 17.9 Å². The van der Waals surface area contributed by atoms with Gasteiger partial charge in [0.2, 0.25) is 0 Å². The molecule has 0 radical (unpaired) electrons. The maximum Gasteiger partial charge on any atom is 0.255 e. The number of nitrogens with zero attached hydrogens (tertiary/aromatic N) is 3. The Morgan fingerprint density at radius 3 is 2.56 bits per heavy atom.